The number of anilines is 2. The van der Waals surface area contributed by atoms with E-state index in [2.05, 4.69) is 15.6 Å². The van der Waals surface area contributed by atoms with Crippen LogP contribution in [0.25, 0.3) is 0 Å². The minimum absolute atomic E-state index is 0.0915. The molecule has 0 spiro atoms. The van der Waals surface area contributed by atoms with Crippen LogP contribution in [0.4, 0.5) is 15.8 Å². The molecule has 26 heavy (non-hydrogen) atoms. The maximum Gasteiger partial charge on any atom is 0.270 e. The van der Waals surface area contributed by atoms with Gasteiger partial charge in [-0.05, 0) is 36.4 Å². The standard InChI is InChI=1S/C19H14Cl2FN3O/c20-13-7-14(21)9-16(8-13)25-15-5-6-18(23-11-15)19(26)24-10-12-3-1-2-4-17(12)22/h1-9,11,25H,10H2,(H,24,26). The average Bonchev–Trinajstić information content (AvgIpc) is 2.60. The molecule has 0 aliphatic carbocycles. The number of amides is 1. The van der Waals surface area contributed by atoms with Crippen LogP contribution in [0.15, 0.2) is 60.8 Å². The van der Waals surface area contributed by atoms with Crippen molar-refractivity contribution < 1.29 is 9.18 Å². The molecule has 2 N–H and O–H groups in total. The topological polar surface area (TPSA) is 54.0 Å². The maximum absolute atomic E-state index is 13.6. The Labute approximate surface area is 160 Å². The van der Waals surface area contributed by atoms with Crippen molar-refractivity contribution in [2.24, 2.45) is 0 Å². The average molecular weight is 390 g/mol. The molecule has 3 rings (SSSR count). The second-order valence-corrected chi connectivity index (χ2v) is 6.36. The van der Waals surface area contributed by atoms with Crippen LogP contribution in [0.5, 0.6) is 0 Å². The number of halogens is 3. The van der Waals surface area contributed by atoms with Crippen LogP contribution in [0.1, 0.15) is 16.1 Å². The summed E-state index contributed by atoms with van der Waals surface area (Å²) in [7, 11) is 0. The first kappa shape index (κ1) is 18.2. The summed E-state index contributed by atoms with van der Waals surface area (Å²) in [6.45, 7) is 0.0915. The molecule has 4 nitrogen and oxygen atoms in total. The molecule has 1 aromatic heterocycles. The highest BCUT2D eigenvalue weighted by molar-refractivity contribution is 6.35. The highest BCUT2D eigenvalue weighted by atomic mass is 35.5. The van der Waals surface area contributed by atoms with Crippen molar-refractivity contribution in [3.8, 4) is 0 Å². The minimum Gasteiger partial charge on any atom is -0.354 e. The molecule has 0 unspecified atom stereocenters. The lowest BCUT2D eigenvalue weighted by Crippen LogP contribution is -2.24. The number of benzene rings is 2. The van der Waals surface area contributed by atoms with Crippen molar-refractivity contribution in [1.82, 2.24) is 10.3 Å². The Kier molecular flexibility index (Phi) is 5.71. The van der Waals surface area contributed by atoms with Gasteiger partial charge in [-0.1, -0.05) is 41.4 Å². The summed E-state index contributed by atoms with van der Waals surface area (Å²) >= 11 is 11.9. The van der Waals surface area contributed by atoms with Gasteiger partial charge in [0.15, 0.2) is 0 Å². The summed E-state index contributed by atoms with van der Waals surface area (Å²) in [4.78, 5) is 16.3. The summed E-state index contributed by atoms with van der Waals surface area (Å²) in [5.74, 6) is -0.744. The Morgan fingerprint density at radius 3 is 2.38 bits per heavy atom. The molecule has 3 aromatic rings. The molecule has 7 heteroatoms. The van der Waals surface area contributed by atoms with E-state index in [1.54, 1.807) is 48.5 Å². The van der Waals surface area contributed by atoms with Gasteiger partial charge in [0.2, 0.25) is 0 Å². The van der Waals surface area contributed by atoms with Crippen LogP contribution in [0.2, 0.25) is 10.0 Å². The van der Waals surface area contributed by atoms with Crippen LogP contribution < -0.4 is 10.6 Å². The lowest BCUT2D eigenvalue weighted by Gasteiger charge is -2.09. The number of aromatic nitrogens is 1. The van der Waals surface area contributed by atoms with Crippen LogP contribution >= 0.6 is 23.2 Å². The van der Waals surface area contributed by atoms with Crippen LogP contribution in [0.3, 0.4) is 0 Å². The fourth-order valence-electron chi connectivity index (χ4n) is 2.30. The van der Waals surface area contributed by atoms with Gasteiger partial charge in [-0.25, -0.2) is 9.37 Å². The van der Waals surface area contributed by atoms with Crippen molar-refractivity contribution in [1.29, 1.82) is 0 Å². The third kappa shape index (κ3) is 4.71. The van der Waals surface area contributed by atoms with E-state index in [1.165, 1.54) is 12.3 Å². The number of rotatable bonds is 5. The normalized spacial score (nSPS) is 10.4. The zero-order valence-corrected chi connectivity index (χ0v) is 15.0. The zero-order valence-electron chi connectivity index (χ0n) is 13.5. The van der Waals surface area contributed by atoms with E-state index >= 15 is 0 Å². The lowest BCUT2D eigenvalue weighted by atomic mass is 10.2. The predicted octanol–water partition coefficient (Wildman–Crippen LogP) is 5.20. The number of pyridine rings is 1. The van der Waals surface area contributed by atoms with E-state index in [0.717, 1.165) is 0 Å². The molecule has 132 valence electrons. The first-order valence-electron chi connectivity index (χ1n) is 7.72. The van der Waals surface area contributed by atoms with Crippen molar-refractivity contribution in [3.63, 3.8) is 0 Å². The van der Waals surface area contributed by atoms with Crippen molar-refractivity contribution in [2.75, 3.05) is 5.32 Å². The van der Waals surface area contributed by atoms with E-state index in [-0.39, 0.29) is 24.0 Å². The molecule has 2 aromatic carbocycles. The number of nitrogens with zero attached hydrogens (tertiary/aromatic N) is 1. The van der Waals surface area contributed by atoms with Crippen LogP contribution in [-0.4, -0.2) is 10.9 Å². The lowest BCUT2D eigenvalue weighted by molar-refractivity contribution is 0.0945. The summed E-state index contributed by atoms with van der Waals surface area (Å²) < 4.78 is 13.6. The predicted molar refractivity (Wildman–Crippen MR) is 102 cm³/mol. The molecular weight excluding hydrogens is 376 g/mol. The Bertz CT molecular complexity index is 912. The monoisotopic (exact) mass is 389 g/mol. The van der Waals surface area contributed by atoms with Gasteiger partial charge in [0.25, 0.3) is 5.91 Å². The molecule has 0 aliphatic rings. The van der Waals surface area contributed by atoms with Crippen molar-refractivity contribution in [3.05, 3.63) is 87.9 Å². The second kappa shape index (κ2) is 8.17. The Balaban J connectivity index is 1.63. The molecule has 0 atom stereocenters. The van der Waals surface area contributed by atoms with E-state index in [1.807, 2.05) is 0 Å². The maximum atomic E-state index is 13.6. The van der Waals surface area contributed by atoms with Gasteiger partial charge in [-0.15, -0.1) is 0 Å². The molecule has 0 radical (unpaired) electrons. The summed E-state index contributed by atoms with van der Waals surface area (Å²) in [5.41, 5.74) is 2.03. The number of carbonyl (C=O) groups is 1. The van der Waals surface area contributed by atoms with Gasteiger partial charge in [0, 0.05) is 27.8 Å². The smallest absolute Gasteiger partial charge is 0.270 e. The quantitative estimate of drug-likeness (QED) is 0.630. The Morgan fingerprint density at radius 1 is 1.00 bits per heavy atom. The first-order valence-corrected chi connectivity index (χ1v) is 8.47. The Morgan fingerprint density at radius 2 is 1.73 bits per heavy atom. The van der Waals surface area contributed by atoms with Gasteiger partial charge in [-0.3, -0.25) is 4.79 Å². The van der Waals surface area contributed by atoms with Crippen LogP contribution in [-0.2, 0) is 6.54 Å². The fourth-order valence-corrected chi connectivity index (χ4v) is 2.83. The third-order valence-corrected chi connectivity index (χ3v) is 3.98. The molecule has 1 heterocycles. The van der Waals surface area contributed by atoms with E-state index in [4.69, 9.17) is 23.2 Å². The SMILES string of the molecule is O=C(NCc1ccccc1F)c1ccc(Nc2cc(Cl)cc(Cl)c2)cn1. The van der Waals surface area contributed by atoms with Gasteiger partial charge in [0.1, 0.15) is 11.5 Å². The van der Waals surface area contributed by atoms with Gasteiger partial charge in [-0.2, -0.15) is 0 Å². The third-order valence-electron chi connectivity index (χ3n) is 3.54. The van der Waals surface area contributed by atoms with Crippen molar-refractivity contribution in [2.45, 2.75) is 6.54 Å². The van der Waals surface area contributed by atoms with Gasteiger partial charge >= 0.3 is 0 Å². The molecule has 1 amide bonds. The van der Waals surface area contributed by atoms with E-state index in [9.17, 15) is 9.18 Å². The molecule has 0 aliphatic heterocycles. The van der Waals surface area contributed by atoms with E-state index in [0.29, 0.717) is 27.0 Å². The molecular formula is C19H14Cl2FN3O. The molecule has 0 bridgehead atoms. The largest absolute Gasteiger partial charge is 0.354 e. The van der Waals surface area contributed by atoms with Gasteiger partial charge in [0.05, 0.1) is 11.9 Å². The first-order chi connectivity index (χ1) is 12.5. The summed E-state index contributed by atoms with van der Waals surface area (Å²) in [6.07, 6.45) is 1.52. The Hall–Kier alpha value is -2.63. The number of hydrogen-bond acceptors (Lipinski definition) is 3. The number of nitrogens with one attached hydrogen (secondary N) is 2. The molecule has 0 saturated heterocycles. The molecule has 0 fully saturated rings. The summed E-state index contributed by atoms with van der Waals surface area (Å²) in [5, 5.41) is 6.77. The molecule has 0 saturated carbocycles. The van der Waals surface area contributed by atoms with Gasteiger partial charge < -0.3 is 10.6 Å². The number of carbonyl (C=O) groups excluding carboxylic acids is 1. The highest BCUT2D eigenvalue weighted by Crippen LogP contribution is 2.25. The van der Waals surface area contributed by atoms with Crippen LogP contribution in [0, 0.1) is 5.82 Å². The minimum atomic E-state index is -0.384. The number of hydrogen-bond donors (Lipinski definition) is 2. The zero-order chi connectivity index (χ0) is 18.5. The fraction of sp³-hybridized carbons (Fsp3) is 0.0526. The highest BCUT2D eigenvalue weighted by Gasteiger charge is 2.09. The second-order valence-electron chi connectivity index (χ2n) is 5.49. The summed E-state index contributed by atoms with van der Waals surface area (Å²) in [6, 6.07) is 14.6. The van der Waals surface area contributed by atoms with E-state index < -0.39 is 0 Å². The van der Waals surface area contributed by atoms with Crippen molar-refractivity contribution >= 4 is 40.5 Å².